The summed E-state index contributed by atoms with van der Waals surface area (Å²) < 4.78 is 16.6. The van der Waals surface area contributed by atoms with Crippen molar-refractivity contribution < 1.29 is 14.0 Å². The summed E-state index contributed by atoms with van der Waals surface area (Å²) in [6.45, 7) is 0. The Labute approximate surface area is 211 Å². The number of fused-ring (bicyclic) bond motifs is 1. The fourth-order valence-corrected chi connectivity index (χ4v) is 5.73. The minimum atomic E-state index is -0.623. The number of thiazole rings is 1. The molecule has 0 saturated carbocycles. The molecule has 1 fully saturated rings. The number of aromatic nitrogens is 7. The van der Waals surface area contributed by atoms with Crippen molar-refractivity contribution in [2.45, 2.75) is 31.3 Å². The van der Waals surface area contributed by atoms with Gasteiger partial charge in [0.1, 0.15) is 17.8 Å². The number of nitrogens with two attached hydrogens (primary N) is 1. The van der Waals surface area contributed by atoms with Crippen LogP contribution < -0.4 is 5.73 Å². The Bertz CT molecular complexity index is 1530. The number of imidazole rings is 1. The number of aromatic amines is 1. The minimum Gasteiger partial charge on any atom is -0.364 e. The third-order valence-corrected chi connectivity index (χ3v) is 7.71. The van der Waals surface area contributed by atoms with Gasteiger partial charge in [-0.15, -0.1) is 16.4 Å². The molecular weight excluding hydrogens is 509 g/mol. The van der Waals surface area contributed by atoms with E-state index in [-0.39, 0.29) is 33.6 Å². The van der Waals surface area contributed by atoms with Crippen molar-refractivity contribution in [3.05, 3.63) is 64.2 Å². The number of nitrogens with zero attached hydrogens (tertiary/aromatic N) is 7. The third-order valence-electron chi connectivity index (χ3n) is 6.38. The molecule has 14 heteroatoms. The molecule has 3 N–H and O–H groups in total. The van der Waals surface area contributed by atoms with Gasteiger partial charge in [-0.3, -0.25) is 9.59 Å². The summed E-state index contributed by atoms with van der Waals surface area (Å²) in [6.07, 6.45) is 7.93. The summed E-state index contributed by atoms with van der Waals surface area (Å²) in [5.41, 5.74) is 7.06. The van der Waals surface area contributed by atoms with Crippen LogP contribution in [0.2, 0.25) is 5.02 Å². The molecule has 1 saturated heterocycles. The molecule has 182 valence electrons. The summed E-state index contributed by atoms with van der Waals surface area (Å²) in [6, 6.07) is 2.66. The van der Waals surface area contributed by atoms with Gasteiger partial charge in [0.15, 0.2) is 10.8 Å². The molecule has 36 heavy (non-hydrogen) atoms. The van der Waals surface area contributed by atoms with Crippen molar-refractivity contribution in [1.82, 2.24) is 40.1 Å². The maximum atomic E-state index is 15.2. The highest BCUT2D eigenvalue weighted by Gasteiger charge is 2.42. The fourth-order valence-electron chi connectivity index (χ4n) is 4.84. The number of primary amides is 1. The molecule has 6 rings (SSSR count). The zero-order valence-corrected chi connectivity index (χ0v) is 20.0. The number of carbonyl (C=O) groups excluding carboxylic acids is 2. The van der Waals surface area contributed by atoms with E-state index in [1.165, 1.54) is 23.2 Å². The van der Waals surface area contributed by atoms with Crippen LogP contribution >= 0.6 is 22.9 Å². The van der Waals surface area contributed by atoms with Crippen molar-refractivity contribution >= 4 is 40.3 Å². The molecule has 2 amide bonds. The van der Waals surface area contributed by atoms with E-state index >= 15 is 4.39 Å². The lowest BCUT2D eigenvalue weighted by molar-refractivity contribution is -0.129. The van der Waals surface area contributed by atoms with Gasteiger partial charge in [0.2, 0.25) is 5.91 Å². The van der Waals surface area contributed by atoms with Crippen LogP contribution in [0.4, 0.5) is 4.39 Å². The topological polar surface area (TPSA) is 149 Å². The van der Waals surface area contributed by atoms with E-state index in [4.69, 9.17) is 17.3 Å². The third kappa shape index (κ3) is 3.67. The molecule has 4 aromatic rings. The normalized spacial score (nSPS) is 19.4. The van der Waals surface area contributed by atoms with Crippen LogP contribution in [0.15, 0.2) is 36.9 Å². The van der Waals surface area contributed by atoms with Gasteiger partial charge in [0.05, 0.1) is 21.6 Å². The molecule has 0 spiro atoms. The second-order valence-corrected chi connectivity index (χ2v) is 9.88. The van der Waals surface area contributed by atoms with Gasteiger partial charge < -0.3 is 15.6 Å². The van der Waals surface area contributed by atoms with Gasteiger partial charge in [-0.2, -0.15) is 4.68 Å². The summed E-state index contributed by atoms with van der Waals surface area (Å²) in [4.78, 5) is 39.0. The second-order valence-electron chi connectivity index (χ2n) is 8.44. The van der Waals surface area contributed by atoms with E-state index in [0.717, 1.165) is 17.8 Å². The van der Waals surface area contributed by atoms with Crippen LogP contribution in [0.3, 0.4) is 0 Å². The van der Waals surface area contributed by atoms with Crippen LogP contribution in [-0.2, 0) is 4.79 Å². The number of rotatable bonds is 5. The summed E-state index contributed by atoms with van der Waals surface area (Å²) in [5, 5.41) is 11.3. The second kappa shape index (κ2) is 8.60. The highest BCUT2D eigenvalue weighted by molar-refractivity contribution is 7.16. The van der Waals surface area contributed by atoms with Gasteiger partial charge in [0.25, 0.3) is 5.91 Å². The van der Waals surface area contributed by atoms with Gasteiger partial charge >= 0.3 is 0 Å². The summed E-state index contributed by atoms with van der Waals surface area (Å²) in [5.74, 6) is -0.823. The zero-order valence-electron chi connectivity index (χ0n) is 18.4. The van der Waals surface area contributed by atoms with E-state index in [0.29, 0.717) is 40.5 Å². The van der Waals surface area contributed by atoms with E-state index in [2.05, 4.69) is 30.5 Å². The standard InChI is InChI=1S/C22H17ClFN9O2S/c23-12-2-4-14(32-9-28-30-31-32)18(19(12)24)10-5-11-1-3-15(33(11)17(34)6-10)21-26-7-13(29-21)16-8-27-22(36-16)20(25)35/h2,4,6-9,11,15H,1,3,5H2,(H2,25,35)(H,26,29)/t11-,15+/m1/s1. The van der Waals surface area contributed by atoms with Gasteiger partial charge in [-0.05, 0) is 47.4 Å². The number of nitrogens with one attached hydrogen (secondary N) is 1. The number of carbonyl (C=O) groups is 2. The molecule has 5 heterocycles. The average Bonchev–Trinajstić information content (AvgIpc) is 3.66. The minimum absolute atomic E-state index is 0.0485. The van der Waals surface area contributed by atoms with E-state index in [9.17, 15) is 9.59 Å². The molecule has 11 nitrogen and oxygen atoms in total. The largest absolute Gasteiger partial charge is 0.364 e. The van der Waals surface area contributed by atoms with Crippen molar-refractivity contribution in [2.24, 2.45) is 5.73 Å². The van der Waals surface area contributed by atoms with Crippen LogP contribution in [0.25, 0.3) is 21.8 Å². The first-order valence-electron chi connectivity index (χ1n) is 11.0. The number of hydrogen-bond donors (Lipinski definition) is 2. The van der Waals surface area contributed by atoms with Crippen molar-refractivity contribution in [1.29, 1.82) is 0 Å². The lowest BCUT2D eigenvalue weighted by atomic mass is 9.92. The highest BCUT2D eigenvalue weighted by atomic mass is 35.5. The zero-order chi connectivity index (χ0) is 25.0. The first-order chi connectivity index (χ1) is 17.4. The van der Waals surface area contributed by atoms with Gasteiger partial charge in [0, 0.05) is 30.1 Å². The number of tetrazole rings is 1. The molecule has 2 aliphatic rings. The summed E-state index contributed by atoms with van der Waals surface area (Å²) >= 11 is 7.24. The van der Waals surface area contributed by atoms with Crippen LogP contribution in [0.5, 0.6) is 0 Å². The Kier molecular flexibility index (Phi) is 5.38. The molecule has 0 bridgehead atoms. The average molecular weight is 526 g/mol. The molecule has 2 aliphatic heterocycles. The SMILES string of the molecule is NC(=O)c1ncc(-c2c[nH]c([C@@H]3CC[C@@H]4CC(c5c(-n6cnnn6)ccc(Cl)c5F)=CC(=O)N43)n2)s1. The monoisotopic (exact) mass is 525 g/mol. The lowest BCUT2D eigenvalue weighted by Gasteiger charge is -2.33. The first-order valence-corrected chi connectivity index (χ1v) is 12.2. The van der Waals surface area contributed by atoms with E-state index in [1.54, 1.807) is 23.4 Å². The van der Waals surface area contributed by atoms with E-state index in [1.807, 2.05) is 0 Å². The predicted molar refractivity (Wildman–Crippen MR) is 128 cm³/mol. The maximum absolute atomic E-state index is 15.2. The Balaban J connectivity index is 1.31. The molecule has 0 unspecified atom stereocenters. The fraction of sp³-hybridized carbons (Fsp3) is 0.227. The number of halogens is 2. The Morgan fingerprint density at radius 3 is 2.92 bits per heavy atom. The molecule has 0 radical (unpaired) electrons. The Hall–Kier alpha value is -3.97. The quantitative estimate of drug-likeness (QED) is 0.407. The van der Waals surface area contributed by atoms with Crippen molar-refractivity contribution in [3.63, 3.8) is 0 Å². The molecule has 2 atom stereocenters. The van der Waals surface area contributed by atoms with Gasteiger partial charge in [-0.25, -0.2) is 14.4 Å². The number of hydrogen-bond acceptors (Lipinski definition) is 8. The number of H-pyrrole nitrogens is 1. The van der Waals surface area contributed by atoms with Crippen molar-refractivity contribution in [3.8, 4) is 16.3 Å². The Morgan fingerprint density at radius 2 is 2.17 bits per heavy atom. The molecule has 1 aromatic carbocycles. The summed E-state index contributed by atoms with van der Waals surface area (Å²) in [7, 11) is 0. The van der Waals surface area contributed by atoms with Crippen molar-refractivity contribution in [2.75, 3.05) is 0 Å². The first kappa shape index (κ1) is 22.5. The predicted octanol–water partition coefficient (Wildman–Crippen LogP) is 2.92. The van der Waals surface area contributed by atoms with Gasteiger partial charge in [-0.1, -0.05) is 11.6 Å². The van der Waals surface area contributed by atoms with Crippen LogP contribution in [0, 0.1) is 5.82 Å². The van der Waals surface area contributed by atoms with Crippen LogP contribution in [0.1, 0.15) is 46.5 Å². The van der Waals surface area contributed by atoms with Crippen LogP contribution in [-0.4, -0.2) is 57.9 Å². The highest BCUT2D eigenvalue weighted by Crippen LogP contribution is 2.44. The molecule has 0 aliphatic carbocycles. The molecule has 3 aromatic heterocycles. The number of benzene rings is 1. The Morgan fingerprint density at radius 1 is 1.31 bits per heavy atom. The maximum Gasteiger partial charge on any atom is 0.277 e. The number of amides is 2. The smallest absolute Gasteiger partial charge is 0.277 e. The lowest BCUT2D eigenvalue weighted by Crippen LogP contribution is -2.39. The van der Waals surface area contributed by atoms with E-state index < -0.39 is 11.7 Å². The molecular formula is C22H17ClFN9O2S.